The van der Waals surface area contributed by atoms with Gasteiger partial charge >= 0.3 is 0 Å². The Morgan fingerprint density at radius 3 is 2.67 bits per heavy atom. The van der Waals surface area contributed by atoms with E-state index in [0.29, 0.717) is 17.5 Å². The molecule has 0 radical (unpaired) electrons. The van der Waals surface area contributed by atoms with Crippen LogP contribution in [0, 0.1) is 0 Å². The summed E-state index contributed by atoms with van der Waals surface area (Å²) in [4.78, 5) is 11.5. The Kier molecular flexibility index (Phi) is 4.90. The lowest BCUT2D eigenvalue weighted by atomic mass is 10.0. The van der Waals surface area contributed by atoms with E-state index in [0.717, 1.165) is 54.9 Å². The van der Waals surface area contributed by atoms with Gasteiger partial charge in [0.25, 0.3) is 0 Å². The van der Waals surface area contributed by atoms with Crippen LogP contribution in [0.5, 0.6) is 0 Å². The van der Waals surface area contributed by atoms with Crippen LogP contribution in [0.15, 0.2) is 61.1 Å². The van der Waals surface area contributed by atoms with Gasteiger partial charge in [0.05, 0.1) is 11.3 Å². The number of aromatic nitrogens is 4. The fourth-order valence-electron chi connectivity index (χ4n) is 4.08. The summed E-state index contributed by atoms with van der Waals surface area (Å²) in [6.07, 6.45) is 7.74. The number of nitrogen functional groups attached to an aromatic ring is 1. The predicted molar refractivity (Wildman–Crippen MR) is 119 cm³/mol. The number of pyridine rings is 1. The van der Waals surface area contributed by atoms with Crippen molar-refractivity contribution in [3.63, 3.8) is 0 Å². The molecule has 1 aromatic carbocycles. The van der Waals surface area contributed by atoms with Crippen LogP contribution in [0.3, 0.4) is 0 Å². The zero-order valence-electron chi connectivity index (χ0n) is 16.8. The summed E-state index contributed by atoms with van der Waals surface area (Å²) in [7, 11) is 0. The molecule has 4 N–H and O–H groups in total. The normalized spacial score (nSPS) is 15.6. The first-order valence-corrected chi connectivity index (χ1v) is 10.3. The Morgan fingerprint density at radius 2 is 1.87 bits per heavy atom. The highest BCUT2D eigenvalue weighted by Crippen LogP contribution is 2.29. The summed E-state index contributed by atoms with van der Waals surface area (Å²) in [6.45, 7) is 3.05. The highest BCUT2D eigenvalue weighted by molar-refractivity contribution is 5.84. The molecule has 0 spiro atoms. The molecule has 0 aliphatic carbocycles. The van der Waals surface area contributed by atoms with Crippen LogP contribution in [0.2, 0.25) is 0 Å². The monoisotopic (exact) mass is 399 g/mol. The van der Waals surface area contributed by atoms with Crippen molar-refractivity contribution in [2.24, 2.45) is 5.73 Å². The molecule has 4 heterocycles. The first-order chi connectivity index (χ1) is 14.7. The highest BCUT2D eigenvalue weighted by Gasteiger charge is 2.17. The molecule has 152 valence electrons. The summed E-state index contributed by atoms with van der Waals surface area (Å²) in [5.74, 6) is 0.426. The van der Waals surface area contributed by atoms with Crippen LogP contribution >= 0.6 is 0 Å². The van der Waals surface area contributed by atoms with Gasteiger partial charge in [-0.05, 0) is 55.3 Å². The molecule has 3 aromatic heterocycles. The van der Waals surface area contributed by atoms with Crippen LogP contribution in [0.4, 0.5) is 5.82 Å². The molecule has 5 rings (SSSR count). The molecule has 0 bridgehead atoms. The van der Waals surface area contributed by atoms with Gasteiger partial charge in [-0.15, -0.1) is 5.10 Å². The van der Waals surface area contributed by atoms with E-state index in [-0.39, 0.29) is 0 Å². The summed E-state index contributed by atoms with van der Waals surface area (Å²) in [6, 6.07) is 14.7. The van der Waals surface area contributed by atoms with Crippen LogP contribution in [0.25, 0.3) is 28.0 Å². The number of nitrogens with two attached hydrogens (primary N) is 2. The number of anilines is 1. The smallest absolute Gasteiger partial charge is 0.166 e. The number of hydrogen-bond acceptors (Lipinski definition) is 6. The van der Waals surface area contributed by atoms with E-state index in [9.17, 15) is 0 Å². The Labute approximate surface area is 175 Å². The van der Waals surface area contributed by atoms with Gasteiger partial charge in [-0.1, -0.05) is 24.3 Å². The standard InChI is InChI=1S/C23H25N7/c24-19-7-10-29(11-8-19)14-16-4-3-5-17(12-16)18-13-27-23-21(20-6-1-2-9-26-20)22(25)28-30(23)15-18/h1-6,9,12-13,15,19H,7-8,10-11,14,24H2,(H2,25,28). The van der Waals surface area contributed by atoms with Gasteiger partial charge in [0.2, 0.25) is 0 Å². The third-order valence-electron chi connectivity index (χ3n) is 5.72. The number of rotatable bonds is 4. The molecule has 7 heteroatoms. The minimum absolute atomic E-state index is 0.350. The average molecular weight is 400 g/mol. The molecular weight excluding hydrogens is 374 g/mol. The van der Waals surface area contributed by atoms with Crippen molar-refractivity contribution in [2.45, 2.75) is 25.4 Å². The number of fused-ring (bicyclic) bond motifs is 1. The molecule has 1 aliphatic rings. The Morgan fingerprint density at radius 1 is 1.00 bits per heavy atom. The van der Waals surface area contributed by atoms with Gasteiger partial charge in [0.1, 0.15) is 0 Å². The summed E-state index contributed by atoms with van der Waals surface area (Å²) < 4.78 is 1.74. The third-order valence-corrected chi connectivity index (χ3v) is 5.72. The number of benzene rings is 1. The summed E-state index contributed by atoms with van der Waals surface area (Å²) in [5, 5.41) is 4.47. The van der Waals surface area contributed by atoms with Crippen LogP contribution < -0.4 is 11.5 Å². The van der Waals surface area contributed by atoms with Gasteiger partial charge in [-0.3, -0.25) is 9.88 Å². The van der Waals surface area contributed by atoms with Crippen LogP contribution in [0.1, 0.15) is 18.4 Å². The van der Waals surface area contributed by atoms with E-state index in [1.165, 1.54) is 5.56 Å². The lowest BCUT2D eigenvalue weighted by Crippen LogP contribution is -2.39. The molecule has 1 saturated heterocycles. The molecule has 7 nitrogen and oxygen atoms in total. The van der Waals surface area contributed by atoms with Crippen LogP contribution in [-0.2, 0) is 6.54 Å². The van der Waals surface area contributed by atoms with E-state index in [2.05, 4.69) is 44.2 Å². The topological polar surface area (TPSA) is 98.4 Å². The van der Waals surface area contributed by atoms with Crippen molar-refractivity contribution in [2.75, 3.05) is 18.8 Å². The van der Waals surface area contributed by atoms with E-state index < -0.39 is 0 Å². The summed E-state index contributed by atoms with van der Waals surface area (Å²) in [5.41, 5.74) is 17.9. The van der Waals surface area contributed by atoms with Crippen molar-refractivity contribution < 1.29 is 0 Å². The maximum absolute atomic E-state index is 6.19. The van der Waals surface area contributed by atoms with E-state index in [4.69, 9.17) is 11.5 Å². The molecular formula is C23H25N7. The van der Waals surface area contributed by atoms with Crippen molar-refractivity contribution in [1.82, 2.24) is 24.5 Å². The Balaban J connectivity index is 1.44. The maximum atomic E-state index is 6.19. The van der Waals surface area contributed by atoms with Gasteiger partial charge in [0.15, 0.2) is 11.5 Å². The SMILES string of the molecule is Nc1nn2cc(-c3cccc(CN4CCC(N)CC4)c3)cnc2c1-c1ccccn1. The zero-order valence-corrected chi connectivity index (χ0v) is 16.8. The highest BCUT2D eigenvalue weighted by atomic mass is 15.3. The number of piperidine rings is 1. The third kappa shape index (κ3) is 3.65. The van der Waals surface area contributed by atoms with Crippen molar-refractivity contribution in [3.8, 4) is 22.4 Å². The molecule has 1 fully saturated rings. The molecule has 0 amide bonds. The number of hydrogen-bond donors (Lipinski definition) is 2. The fourth-order valence-corrected chi connectivity index (χ4v) is 4.08. The van der Waals surface area contributed by atoms with Gasteiger partial charge < -0.3 is 11.5 Å². The second-order valence-corrected chi connectivity index (χ2v) is 7.90. The lowest BCUT2D eigenvalue weighted by Gasteiger charge is -2.30. The lowest BCUT2D eigenvalue weighted by molar-refractivity contribution is 0.205. The molecule has 0 unspecified atom stereocenters. The van der Waals surface area contributed by atoms with Crippen molar-refractivity contribution in [3.05, 3.63) is 66.6 Å². The molecule has 30 heavy (non-hydrogen) atoms. The van der Waals surface area contributed by atoms with Crippen molar-refractivity contribution >= 4 is 11.5 Å². The average Bonchev–Trinajstić information content (AvgIpc) is 3.11. The first kappa shape index (κ1) is 18.7. The van der Waals surface area contributed by atoms with Crippen LogP contribution in [-0.4, -0.2) is 43.6 Å². The second kappa shape index (κ2) is 7.85. The minimum atomic E-state index is 0.350. The second-order valence-electron chi connectivity index (χ2n) is 7.90. The summed E-state index contributed by atoms with van der Waals surface area (Å²) >= 11 is 0. The molecule has 0 atom stereocenters. The van der Waals surface area contributed by atoms with Crippen molar-refractivity contribution in [1.29, 1.82) is 0 Å². The first-order valence-electron chi connectivity index (χ1n) is 10.3. The number of likely N-dealkylation sites (tertiary alicyclic amines) is 1. The molecule has 0 saturated carbocycles. The maximum Gasteiger partial charge on any atom is 0.166 e. The Bertz CT molecular complexity index is 1160. The molecule has 1 aliphatic heterocycles. The predicted octanol–water partition coefficient (Wildman–Crippen LogP) is 2.96. The van der Waals surface area contributed by atoms with E-state index in [1.54, 1.807) is 10.7 Å². The molecule has 4 aromatic rings. The Hall–Kier alpha value is -3.29. The van der Waals surface area contributed by atoms with E-state index in [1.807, 2.05) is 30.6 Å². The fraction of sp³-hybridized carbons (Fsp3) is 0.261. The zero-order chi connectivity index (χ0) is 20.5. The minimum Gasteiger partial charge on any atom is -0.382 e. The van der Waals surface area contributed by atoms with Gasteiger partial charge in [-0.2, -0.15) is 0 Å². The van der Waals surface area contributed by atoms with Gasteiger partial charge in [-0.25, -0.2) is 9.50 Å². The van der Waals surface area contributed by atoms with Gasteiger partial charge in [0, 0.05) is 36.7 Å². The largest absolute Gasteiger partial charge is 0.382 e. The van der Waals surface area contributed by atoms with E-state index >= 15 is 0 Å². The quantitative estimate of drug-likeness (QED) is 0.547. The number of nitrogens with zero attached hydrogens (tertiary/aromatic N) is 5.